The summed E-state index contributed by atoms with van der Waals surface area (Å²) in [5, 5.41) is 24.0. The van der Waals surface area contributed by atoms with E-state index in [2.05, 4.69) is 20.7 Å². The van der Waals surface area contributed by atoms with E-state index in [4.69, 9.17) is 21.1 Å². The minimum absolute atomic E-state index is 0.0318. The molecule has 0 spiro atoms. The molecule has 2 aromatic carbocycles. The van der Waals surface area contributed by atoms with Crippen molar-refractivity contribution < 1.29 is 19.2 Å². The largest absolute Gasteiger partial charge is 0.493 e. The molecule has 178 valence electrons. The van der Waals surface area contributed by atoms with Gasteiger partial charge in [0.15, 0.2) is 22.5 Å². The van der Waals surface area contributed by atoms with Crippen LogP contribution < -0.4 is 14.9 Å². The molecule has 0 bridgehead atoms. The lowest BCUT2D eigenvalue weighted by Crippen LogP contribution is -2.20. The molecular formula is C21H21ClN6O5S. The number of nitro benzene ring substituents is 1. The van der Waals surface area contributed by atoms with E-state index in [1.165, 1.54) is 36.2 Å². The number of nitro groups is 1. The molecule has 1 aromatic heterocycles. The van der Waals surface area contributed by atoms with Crippen LogP contribution in [0, 0.1) is 10.1 Å². The summed E-state index contributed by atoms with van der Waals surface area (Å²) in [5.74, 6) is 1.45. The number of carbonyl (C=O) groups excluding carboxylic acids is 1. The number of nitrogens with zero attached hydrogens (tertiary/aromatic N) is 5. The van der Waals surface area contributed by atoms with E-state index in [0.29, 0.717) is 34.6 Å². The quantitative estimate of drug-likeness (QED) is 0.191. The first-order valence-corrected chi connectivity index (χ1v) is 11.3. The van der Waals surface area contributed by atoms with Crippen LogP contribution in [0.25, 0.3) is 11.4 Å². The number of halogens is 1. The van der Waals surface area contributed by atoms with Crippen molar-refractivity contribution in [1.29, 1.82) is 0 Å². The summed E-state index contributed by atoms with van der Waals surface area (Å²) in [6.07, 6.45) is 1.25. The Kier molecular flexibility index (Phi) is 8.44. The van der Waals surface area contributed by atoms with Gasteiger partial charge in [0.1, 0.15) is 0 Å². The Bertz CT molecular complexity index is 1230. The highest BCUT2D eigenvalue weighted by Gasteiger charge is 2.16. The van der Waals surface area contributed by atoms with E-state index in [9.17, 15) is 14.9 Å². The molecule has 0 saturated heterocycles. The third-order valence-corrected chi connectivity index (χ3v) is 5.90. The molecule has 3 rings (SSSR count). The van der Waals surface area contributed by atoms with Crippen LogP contribution >= 0.6 is 23.4 Å². The fourth-order valence-electron chi connectivity index (χ4n) is 2.95. The molecule has 34 heavy (non-hydrogen) atoms. The number of carbonyl (C=O) groups is 1. The van der Waals surface area contributed by atoms with Crippen molar-refractivity contribution in [2.75, 3.05) is 20.0 Å². The second kappa shape index (κ2) is 11.5. The van der Waals surface area contributed by atoms with Crippen LogP contribution in [0.1, 0.15) is 12.5 Å². The second-order valence-corrected chi connectivity index (χ2v) is 8.01. The van der Waals surface area contributed by atoms with Crippen molar-refractivity contribution in [1.82, 2.24) is 20.2 Å². The fourth-order valence-corrected chi connectivity index (χ4v) is 3.91. The number of amides is 1. The summed E-state index contributed by atoms with van der Waals surface area (Å²) in [6.45, 7) is 2.54. The first-order valence-electron chi connectivity index (χ1n) is 9.92. The zero-order valence-electron chi connectivity index (χ0n) is 18.5. The maximum absolute atomic E-state index is 12.2. The number of hydrazone groups is 1. The fraction of sp³-hybridized carbons (Fsp3) is 0.238. The molecule has 11 nitrogen and oxygen atoms in total. The Hall–Kier alpha value is -3.64. The molecule has 0 aliphatic heterocycles. The van der Waals surface area contributed by atoms with E-state index in [1.807, 2.05) is 23.6 Å². The number of methoxy groups -OCH3 is 2. The van der Waals surface area contributed by atoms with Gasteiger partial charge in [0.25, 0.3) is 11.6 Å². The van der Waals surface area contributed by atoms with Gasteiger partial charge >= 0.3 is 0 Å². The van der Waals surface area contributed by atoms with Crippen molar-refractivity contribution in [2.24, 2.45) is 5.10 Å². The van der Waals surface area contributed by atoms with Gasteiger partial charge in [-0.15, -0.1) is 10.2 Å². The number of nitrogens with one attached hydrogen (secondary N) is 1. The molecule has 0 saturated carbocycles. The monoisotopic (exact) mass is 504 g/mol. The summed E-state index contributed by atoms with van der Waals surface area (Å²) in [7, 11) is 3.12. The maximum atomic E-state index is 12.2. The molecule has 0 radical (unpaired) electrons. The summed E-state index contributed by atoms with van der Waals surface area (Å²) in [6, 6.07) is 9.40. The van der Waals surface area contributed by atoms with Crippen LogP contribution in [0.2, 0.25) is 5.02 Å². The van der Waals surface area contributed by atoms with Crippen molar-refractivity contribution >= 4 is 41.2 Å². The van der Waals surface area contributed by atoms with Crippen LogP contribution in [-0.4, -0.2) is 51.8 Å². The van der Waals surface area contributed by atoms with Crippen LogP contribution in [0.15, 0.2) is 46.7 Å². The van der Waals surface area contributed by atoms with E-state index in [1.54, 1.807) is 20.3 Å². The van der Waals surface area contributed by atoms with Gasteiger partial charge in [-0.05, 0) is 31.2 Å². The number of hydrogen-bond acceptors (Lipinski definition) is 9. The van der Waals surface area contributed by atoms with Crippen molar-refractivity contribution in [2.45, 2.75) is 18.6 Å². The third kappa shape index (κ3) is 5.83. The van der Waals surface area contributed by atoms with Gasteiger partial charge in [-0.1, -0.05) is 23.4 Å². The zero-order valence-corrected chi connectivity index (χ0v) is 20.1. The van der Waals surface area contributed by atoms with E-state index < -0.39 is 4.92 Å². The Balaban J connectivity index is 1.66. The van der Waals surface area contributed by atoms with E-state index in [0.717, 1.165) is 5.56 Å². The van der Waals surface area contributed by atoms with Crippen LogP contribution in [-0.2, 0) is 11.3 Å². The van der Waals surface area contributed by atoms with Crippen LogP contribution in [0.5, 0.6) is 11.5 Å². The molecule has 13 heteroatoms. The second-order valence-electron chi connectivity index (χ2n) is 6.66. The van der Waals surface area contributed by atoms with Crippen molar-refractivity contribution in [3.8, 4) is 22.9 Å². The summed E-state index contributed by atoms with van der Waals surface area (Å²) in [4.78, 5) is 22.6. The number of benzene rings is 2. The zero-order chi connectivity index (χ0) is 24.7. The maximum Gasteiger partial charge on any atom is 0.270 e. The highest BCUT2D eigenvalue weighted by Crippen LogP contribution is 2.32. The first kappa shape index (κ1) is 25.0. The Morgan fingerprint density at radius 2 is 2.00 bits per heavy atom. The predicted molar refractivity (Wildman–Crippen MR) is 129 cm³/mol. The third-order valence-electron chi connectivity index (χ3n) is 4.59. The normalized spacial score (nSPS) is 10.9. The summed E-state index contributed by atoms with van der Waals surface area (Å²) < 4.78 is 12.5. The van der Waals surface area contributed by atoms with Crippen LogP contribution in [0.4, 0.5) is 5.69 Å². The van der Waals surface area contributed by atoms with Gasteiger partial charge < -0.3 is 14.0 Å². The predicted octanol–water partition coefficient (Wildman–Crippen LogP) is 3.79. The number of non-ortho nitro benzene ring substituents is 1. The Labute approximate surface area is 204 Å². The highest BCUT2D eigenvalue weighted by atomic mass is 35.5. The number of rotatable bonds is 10. The molecule has 0 atom stereocenters. The average molecular weight is 505 g/mol. The number of ether oxygens (including phenoxy) is 2. The van der Waals surface area contributed by atoms with Gasteiger partial charge in [-0.25, -0.2) is 5.43 Å². The molecule has 0 aliphatic rings. The van der Waals surface area contributed by atoms with Gasteiger partial charge in [0.2, 0.25) is 0 Å². The molecule has 1 heterocycles. The smallest absolute Gasteiger partial charge is 0.270 e. The topological polar surface area (TPSA) is 134 Å². The molecular weight excluding hydrogens is 484 g/mol. The molecule has 0 fully saturated rings. The number of thioether (sulfide) groups is 1. The minimum atomic E-state index is -0.539. The van der Waals surface area contributed by atoms with Crippen molar-refractivity contribution in [3.05, 3.63) is 57.1 Å². The van der Waals surface area contributed by atoms with E-state index >= 15 is 0 Å². The molecule has 1 amide bonds. The Morgan fingerprint density at radius 1 is 1.24 bits per heavy atom. The lowest BCUT2D eigenvalue weighted by molar-refractivity contribution is -0.384. The van der Waals surface area contributed by atoms with Gasteiger partial charge in [0, 0.05) is 34.8 Å². The average Bonchev–Trinajstić information content (AvgIpc) is 3.26. The van der Waals surface area contributed by atoms with Crippen LogP contribution in [0.3, 0.4) is 0 Å². The van der Waals surface area contributed by atoms with Gasteiger partial charge in [0.05, 0.1) is 31.1 Å². The molecule has 0 aliphatic carbocycles. The molecule has 1 N–H and O–H groups in total. The SMILES string of the molecule is CCn1c(SCC(=O)NN=Cc2cc([N+](=O)[O-])ccc2Cl)nnc1-c1ccc(OC)c(OC)c1. The summed E-state index contributed by atoms with van der Waals surface area (Å²) in [5.41, 5.74) is 3.35. The lowest BCUT2D eigenvalue weighted by atomic mass is 10.2. The standard InChI is InChI=1S/C21H21ClN6O5S/c1-4-27-20(13-5-8-17(32-2)18(10-13)33-3)25-26-21(27)34-12-19(29)24-23-11-14-9-15(28(30)31)6-7-16(14)22/h5-11H,4,12H2,1-3H3,(H,24,29). The van der Waals surface area contributed by atoms with Gasteiger partial charge in [-0.2, -0.15) is 5.10 Å². The summed E-state index contributed by atoms with van der Waals surface area (Å²) >= 11 is 7.22. The lowest BCUT2D eigenvalue weighted by Gasteiger charge is -2.10. The van der Waals surface area contributed by atoms with E-state index in [-0.39, 0.29) is 22.4 Å². The molecule has 3 aromatic rings. The van der Waals surface area contributed by atoms with Crippen molar-refractivity contribution in [3.63, 3.8) is 0 Å². The number of hydrogen-bond donors (Lipinski definition) is 1. The van der Waals surface area contributed by atoms with Gasteiger partial charge in [-0.3, -0.25) is 14.9 Å². The minimum Gasteiger partial charge on any atom is -0.493 e. The Morgan fingerprint density at radius 3 is 2.68 bits per heavy atom. The number of aromatic nitrogens is 3. The molecule has 0 unspecified atom stereocenters. The first-order chi connectivity index (χ1) is 16.4. The highest BCUT2D eigenvalue weighted by molar-refractivity contribution is 7.99.